The topological polar surface area (TPSA) is 95.9 Å². The Morgan fingerprint density at radius 1 is 1.21 bits per heavy atom. The lowest BCUT2D eigenvalue weighted by Crippen LogP contribution is -2.40. The molecule has 0 bridgehead atoms. The van der Waals surface area contributed by atoms with Gasteiger partial charge in [0.15, 0.2) is 0 Å². The lowest BCUT2D eigenvalue weighted by molar-refractivity contribution is -0.144. The predicted octanol–water partition coefficient (Wildman–Crippen LogP) is 2.21. The number of halogens is 1. The van der Waals surface area contributed by atoms with Crippen LogP contribution in [0.3, 0.4) is 0 Å². The molecule has 1 atom stereocenters. The zero-order valence-electron chi connectivity index (χ0n) is 14.9. The van der Waals surface area contributed by atoms with E-state index >= 15 is 0 Å². The summed E-state index contributed by atoms with van der Waals surface area (Å²) in [5.74, 6) is -2.03. The second-order valence-electron chi connectivity index (χ2n) is 6.31. The smallest absolute Gasteiger partial charge is 0.346 e. The Balaban J connectivity index is 1.63. The Hall–Kier alpha value is -3.42. The predicted molar refractivity (Wildman–Crippen MR) is 98.8 cm³/mol. The van der Waals surface area contributed by atoms with Crippen LogP contribution in [0.25, 0.3) is 0 Å². The highest BCUT2D eigenvalue weighted by Crippen LogP contribution is 2.22. The molecule has 0 spiro atoms. The van der Waals surface area contributed by atoms with Gasteiger partial charge in [0, 0.05) is 24.2 Å². The van der Waals surface area contributed by atoms with E-state index in [1.165, 1.54) is 12.1 Å². The largest absolute Gasteiger partial charge is 0.478 e. The van der Waals surface area contributed by atoms with Crippen LogP contribution in [0.1, 0.15) is 23.2 Å². The van der Waals surface area contributed by atoms with Crippen LogP contribution in [0.5, 0.6) is 5.75 Å². The molecule has 2 aromatic carbocycles. The Kier molecular flexibility index (Phi) is 5.88. The van der Waals surface area contributed by atoms with Crippen molar-refractivity contribution < 1.29 is 28.6 Å². The fourth-order valence-electron chi connectivity index (χ4n) is 2.88. The van der Waals surface area contributed by atoms with E-state index < -0.39 is 23.8 Å². The van der Waals surface area contributed by atoms with E-state index in [4.69, 9.17) is 4.74 Å². The van der Waals surface area contributed by atoms with E-state index in [-0.39, 0.29) is 18.2 Å². The maximum absolute atomic E-state index is 12.9. The molecule has 0 radical (unpaired) electrons. The number of nitrogens with one attached hydrogen (secondary N) is 1. The van der Waals surface area contributed by atoms with Crippen LogP contribution in [0.15, 0.2) is 48.5 Å². The molecule has 1 fully saturated rings. The second kappa shape index (κ2) is 8.51. The lowest BCUT2D eigenvalue weighted by atomic mass is 10.1. The van der Waals surface area contributed by atoms with E-state index in [1.54, 1.807) is 29.2 Å². The summed E-state index contributed by atoms with van der Waals surface area (Å²) in [7, 11) is 0. The number of carbonyl (C=O) groups is 3. The fourth-order valence-corrected chi connectivity index (χ4v) is 2.88. The van der Waals surface area contributed by atoms with Crippen LogP contribution in [-0.4, -0.2) is 42.1 Å². The molecule has 7 nitrogen and oxygen atoms in total. The molecule has 8 heteroatoms. The molecule has 0 aromatic heterocycles. The SMILES string of the molecule is O=C(NCC(Oc1ccc(F)cc1)C(=O)O)c1cccc(N2CCCC2=O)c1. The molecule has 3 rings (SSSR count). The number of carboxylic acid groups (broad SMARTS) is 1. The monoisotopic (exact) mass is 386 g/mol. The average Bonchev–Trinajstić information content (AvgIpc) is 3.12. The van der Waals surface area contributed by atoms with Gasteiger partial charge in [0.1, 0.15) is 11.6 Å². The number of ether oxygens (including phenoxy) is 1. The van der Waals surface area contributed by atoms with Crippen molar-refractivity contribution in [3.63, 3.8) is 0 Å². The number of nitrogens with zero attached hydrogens (tertiary/aromatic N) is 1. The number of hydrogen-bond donors (Lipinski definition) is 2. The number of benzene rings is 2. The van der Waals surface area contributed by atoms with Gasteiger partial charge in [-0.15, -0.1) is 0 Å². The molecule has 1 unspecified atom stereocenters. The van der Waals surface area contributed by atoms with E-state index in [0.29, 0.717) is 24.2 Å². The van der Waals surface area contributed by atoms with Crippen molar-refractivity contribution in [3.8, 4) is 5.75 Å². The number of carbonyl (C=O) groups excluding carboxylic acids is 2. The molecule has 1 aliphatic rings. The van der Waals surface area contributed by atoms with Gasteiger partial charge in [-0.25, -0.2) is 9.18 Å². The lowest BCUT2D eigenvalue weighted by Gasteiger charge is -2.18. The van der Waals surface area contributed by atoms with Crippen molar-refractivity contribution >= 4 is 23.5 Å². The van der Waals surface area contributed by atoms with Crippen molar-refractivity contribution in [1.82, 2.24) is 5.32 Å². The van der Waals surface area contributed by atoms with Gasteiger partial charge >= 0.3 is 5.97 Å². The van der Waals surface area contributed by atoms with Crippen LogP contribution in [-0.2, 0) is 9.59 Å². The van der Waals surface area contributed by atoms with Crippen LogP contribution in [0.2, 0.25) is 0 Å². The number of carboxylic acids is 1. The van der Waals surface area contributed by atoms with Crippen LogP contribution in [0.4, 0.5) is 10.1 Å². The third-order valence-corrected chi connectivity index (χ3v) is 4.31. The van der Waals surface area contributed by atoms with Crippen LogP contribution >= 0.6 is 0 Å². The van der Waals surface area contributed by atoms with Gasteiger partial charge in [-0.1, -0.05) is 6.07 Å². The van der Waals surface area contributed by atoms with E-state index in [2.05, 4.69) is 5.32 Å². The third kappa shape index (κ3) is 4.64. The fraction of sp³-hybridized carbons (Fsp3) is 0.250. The molecule has 1 saturated heterocycles. The minimum atomic E-state index is -1.34. The number of amides is 2. The first-order valence-electron chi connectivity index (χ1n) is 8.77. The normalized spacial score (nSPS) is 14.6. The van der Waals surface area contributed by atoms with Gasteiger partial charge in [0.25, 0.3) is 5.91 Å². The van der Waals surface area contributed by atoms with Crippen molar-refractivity contribution in [3.05, 3.63) is 59.9 Å². The van der Waals surface area contributed by atoms with E-state index in [9.17, 15) is 23.9 Å². The molecule has 146 valence electrons. The minimum Gasteiger partial charge on any atom is -0.478 e. The van der Waals surface area contributed by atoms with E-state index in [1.807, 2.05) is 0 Å². The van der Waals surface area contributed by atoms with Crippen molar-refractivity contribution in [2.24, 2.45) is 0 Å². The Bertz CT molecular complexity index is 884. The summed E-state index contributed by atoms with van der Waals surface area (Å²) in [4.78, 5) is 37.3. The quantitative estimate of drug-likeness (QED) is 0.761. The second-order valence-corrected chi connectivity index (χ2v) is 6.31. The molecule has 0 saturated carbocycles. The molecule has 0 aliphatic carbocycles. The van der Waals surface area contributed by atoms with Gasteiger partial charge in [-0.05, 0) is 48.9 Å². The number of aliphatic carboxylic acids is 1. The Labute approximate surface area is 160 Å². The third-order valence-electron chi connectivity index (χ3n) is 4.31. The maximum atomic E-state index is 12.9. The van der Waals surface area contributed by atoms with Crippen molar-refractivity contribution in [1.29, 1.82) is 0 Å². The van der Waals surface area contributed by atoms with Gasteiger partial charge in [0.05, 0.1) is 6.54 Å². The summed E-state index contributed by atoms with van der Waals surface area (Å²) in [6, 6.07) is 11.5. The molecule has 2 amide bonds. The van der Waals surface area contributed by atoms with Gasteiger partial charge < -0.3 is 20.1 Å². The summed E-state index contributed by atoms with van der Waals surface area (Å²) >= 11 is 0. The average molecular weight is 386 g/mol. The highest BCUT2D eigenvalue weighted by atomic mass is 19.1. The Morgan fingerprint density at radius 2 is 1.96 bits per heavy atom. The molecular weight excluding hydrogens is 367 g/mol. The van der Waals surface area contributed by atoms with Gasteiger partial charge in [-0.2, -0.15) is 0 Å². The molecule has 1 heterocycles. The van der Waals surface area contributed by atoms with Crippen molar-refractivity contribution in [2.75, 3.05) is 18.0 Å². The van der Waals surface area contributed by atoms with Crippen LogP contribution < -0.4 is 15.0 Å². The standard InChI is InChI=1S/C20H19FN2O5/c21-14-6-8-16(9-7-14)28-17(20(26)27)12-22-19(25)13-3-1-4-15(11-13)23-10-2-5-18(23)24/h1,3-4,6-9,11,17H,2,5,10,12H2,(H,22,25)(H,26,27). The highest BCUT2D eigenvalue weighted by Gasteiger charge is 2.23. The zero-order chi connectivity index (χ0) is 20.1. The Morgan fingerprint density at radius 3 is 2.61 bits per heavy atom. The summed E-state index contributed by atoms with van der Waals surface area (Å²) < 4.78 is 18.2. The van der Waals surface area contributed by atoms with Crippen LogP contribution in [0, 0.1) is 5.82 Å². The van der Waals surface area contributed by atoms with Gasteiger partial charge in [0.2, 0.25) is 12.0 Å². The first-order chi connectivity index (χ1) is 13.4. The summed E-state index contributed by atoms with van der Waals surface area (Å²) in [6.45, 7) is 0.328. The zero-order valence-corrected chi connectivity index (χ0v) is 14.9. The molecular formula is C20H19FN2O5. The number of rotatable bonds is 7. The summed E-state index contributed by atoms with van der Waals surface area (Å²) in [6.07, 6.45) is -0.0778. The van der Waals surface area contributed by atoms with E-state index in [0.717, 1.165) is 18.6 Å². The van der Waals surface area contributed by atoms with Gasteiger partial charge in [-0.3, -0.25) is 9.59 Å². The number of anilines is 1. The first-order valence-corrected chi connectivity index (χ1v) is 8.77. The maximum Gasteiger partial charge on any atom is 0.346 e. The minimum absolute atomic E-state index is 0.0104. The highest BCUT2D eigenvalue weighted by molar-refractivity contribution is 5.99. The summed E-state index contributed by atoms with van der Waals surface area (Å²) in [5, 5.41) is 11.8. The molecule has 2 N–H and O–H groups in total. The van der Waals surface area contributed by atoms with Crippen molar-refractivity contribution in [2.45, 2.75) is 18.9 Å². The summed E-state index contributed by atoms with van der Waals surface area (Å²) in [5.41, 5.74) is 0.940. The number of hydrogen-bond acceptors (Lipinski definition) is 4. The molecule has 1 aliphatic heterocycles. The molecule has 2 aromatic rings. The molecule has 28 heavy (non-hydrogen) atoms. The first kappa shape index (κ1) is 19.3.